The van der Waals surface area contributed by atoms with Crippen LogP contribution in [0.2, 0.25) is 0 Å². The number of allylic oxidation sites excluding steroid dienone is 5. The van der Waals surface area contributed by atoms with Crippen molar-refractivity contribution >= 4 is 27.1 Å². The van der Waals surface area contributed by atoms with Crippen molar-refractivity contribution in [1.29, 1.82) is 0 Å². The minimum atomic E-state index is -0.357. The summed E-state index contributed by atoms with van der Waals surface area (Å²) in [5.41, 5.74) is 15.1. The molecule has 0 unspecified atom stereocenters. The quantitative estimate of drug-likeness (QED) is 0.141. The number of hydrogen-bond acceptors (Lipinski definition) is 6. The van der Waals surface area contributed by atoms with Crippen LogP contribution < -0.4 is 0 Å². The SMILES string of the molecule is C=C/C(=C\C=C/C)c1nc(-c2ccccc2)nc(-c2cc3c(c4ccccc24)-c2cc4c(cc2C3(C)C)-c2c(cc(-c3nc(-c5ccccc5)nc(-c5ccccc5)n3)c3ccccc23)C4(C)C)n1. The maximum atomic E-state index is 5.23. The van der Waals surface area contributed by atoms with Crippen molar-refractivity contribution in [3.05, 3.63) is 223 Å². The molecule has 0 saturated carbocycles. The summed E-state index contributed by atoms with van der Waals surface area (Å²) in [6.45, 7) is 15.6. The predicted molar refractivity (Wildman–Crippen MR) is 284 cm³/mol. The van der Waals surface area contributed by atoms with Gasteiger partial charge >= 0.3 is 0 Å². The Morgan fingerprint density at radius 1 is 0.406 bits per heavy atom. The lowest BCUT2D eigenvalue weighted by molar-refractivity contribution is 0.652. The molecule has 69 heavy (non-hydrogen) atoms. The minimum Gasteiger partial charge on any atom is -0.208 e. The van der Waals surface area contributed by atoms with Crippen LogP contribution in [0.1, 0.15) is 62.7 Å². The van der Waals surface area contributed by atoms with Gasteiger partial charge in [0.25, 0.3) is 0 Å². The zero-order valence-corrected chi connectivity index (χ0v) is 39.3. The highest BCUT2D eigenvalue weighted by Crippen LogP contribution is 2.59. The van der Waals surface area contributed by atoms with Crippen LogP contribution >= 0.6 is 0 Å². The Balaban J connectivity index is 1.05. The second kappa shape index (κ2) is 16.1. The average molecular weight is 889 g/mol. The molecule has 2 aliphatic carbocycles. The molecule has 330 valence electrons. The van der Waals surface area contributed by atoms with E-state index in [1.165, 1.54) is 55.3 Å². The Morgan fingerprint density at radius 2 is 0.754 bits per heavy atom. The third-order valence-electron chi connectivity index (χ3n) is 14.3. The second-order valence-electron chi connectivity index (χ2n) is 19.0. The predicted octanol–water partition coefficient (Wildman–Crippen LogP) is 15.5. The molecule has 6 nitrogen and oxygen atoms in total. The van der Waals surface area contributed by atoms with Gasteiger partial charge in [-0.25, -0.2) is 29.9 Å². The number of fused-ring (bicyclic) bond motifs is 10. The molecule has 2 aliphatic rings. The van der Waals surface area contributed by atoms with Crippen LogP contribution in [0.4, 0.5) is 0 Å². The first-order chi connectivity index (χ1) is 33.6. The van der Waals surface area contributed by atoms with E-state index in [2.05, 4.69) is 131 Å². The molecule has 2 heterocycles. The van der Waals surface area contributed by atoms with E-state index >= 15 is 0 Å². The molecular formula is C63H48N6. The molecule has 0 amide bonds. The lowest BCUT2D eigenvalue weighted by atomic mass is 9.79. The van der Waals surface area contributed by atoms with Gasteiger partial charge in [0.05, 0.1) is 0 Å². The molecule has 0 N–H and O–H groups in total. The van der Waals surface area contributed by atoms with Crippen LogP contribution in [0.25, 0.3) is 106 Å². The highest BCUT2D eigenvalue weighted by atomic mass is 15.0. The largest absolute Gasteiger partial charge is 0.208 e. The van der Waals surface area contributed by atoms with Crippen LogP contribution in [-0.4, -0.2) is 29.9 Å². The van der Waals surface area contributed by atoms with E-state index in [0.717, 1.165) is 44.2 Å². The summed E-state index contributed by atoms with van der Waals surface area (Å²) in [6.07, 6.45) is 7.80. The number of hydrogen-bond donors (Lipinski definition) is 0. The van der Waals surface area contributed by atoms with Crippen molar-refractivity contribution in [2.45, 2.75) is 45.4 Å². The Morgan fingerprint density at radius 3 is 1.17 bits per heavy atom. The first-order valence-electron chi connectivity index (χ1n) is 23.6. The van der Waals surface area contributed by atoms with Gasteiger partial charge in [0.1, 0.15) is 0 Å². The third-order valence-corrected chi connectivity index (χ3v) is 14.3. The zero-order valence-electron chi connectivity index (χ0n) is 39.3. The van der Waals surface area contributed by atoms with Gasteiger partial charge in [-0.3, -0.25) is 0 Å². The van der Waals surface area contributed by atoms with Gasteiger partial charge in [0, 0.05) is 44.2 Å². The fourth-order valence-electron chi connectivity index (χ4n) is 10.7. The molecule has 0 spiro atoms. The lowest BCUT2D eigenvalue weighted by Crippen LogP contribution is -2.17. The molecule has 0 bridgehead atoms. The van der Waals surface area contributed by atoms with Crippen molar-refractivity contribution in [2.75, 3.05) is 0 Å². The van der Waals surface area contributed by atoms with E-state index in [-0.39, 0.29) is 10.8 Å². The number of rotatable bonds is 8. The molecular weight excluding hydrogens is 841 g/mol. The van der Waals surface area contributed by atoms with E-state index < -0.39 is 0 Å². The zero-order chi connectivity index (χ0) is 47.0. The summed E-state index contributed by atoms with van der Waals surface area (Å²) in [5.74, 6) is 3.78. The summed E-state index contributed by atoms with van der Waals surface area (Å²) >= 11 is 0. The van der Waals surface area contributed by atoms with E-state index in [1.54, 1.807) is 0 Å². The van der Waals surface area contributed by atoms with E-state index in [0.29, 0.717) is 34.9 Å². The second-order valence-corrected chi connectivity index (χ2v) is 19.0. The van der Waals surface area contributed by atoms with Crippen LogP contribution in [0.5, 0.6) is 0 Å². The maximum Gasteiger partial charge on any atom is 0.164 e. The molecule has 12 rings (SSSR count). The van der Waals surface area contributed by atoms with Crippen molar-refractivity contribution in [1.82, 2.24) is 29.9 Å². The summed E-state index contributed by atoms with van der Waals surface area (Å²) in [4.78, 5) is 30.9. The normalized spacial score (nSPS) is 14.2. The van der Waals surface area contributed by atoms with Gasteiger partial charge in [0.2, 0.25) is 0 Å². The molecule has 0 saturated heterocycles. The van der Waals surface area contributed by atoms with Crippen LogP contribution in [0.3, 0.4) is 0 Å². The third kappa shape index (κ3) is 6.69. The van der Waals surface area contributed by atoms with Crippen LogP contribution in [0, 0.1) is 0 Å². The highest BCUT2D eigenvalue weighted by Gasteiger charge is 2.44. The Kier molecular flexibility index (Phi) is 9.78. The molecule has 0 radical (unpaired) electrons. The standard InChI is InChI=1S/C63H48N6/c1-7-9-23-38(8-2)56-64-57(39-24-13-10-14-25-39)67-60(66-56)46-34-52-54(44-32-21-19-30-42(44)46)48-36-51-49(37-50(48)62(52,3)4)55-45-33-22-20-31-43(45)47(35-53(55)63(51,5)6)61-68-58(40-26-15-11-16-27-40)65-59(69-61)41-28-17-12-18-29-41/h7-37H,2H2,1,3-6H3/b9-7-,38-23+. The Labute approximate surface area is 402 Å². The number of benzene rings is 8. The van der Waals surface area contributed by atoms with Gasteiger partial charge in [0.15, 0.2) is 34.9 Å². The summed E-state index contributed by atoms with van der Waals surface area (Å²) < 4.78 is 0. The van der Waals surface area contributed by atoms with Crippen LogP contribution in [-0.2, 0) is 10.8 Å². The van der Waals surface area contributed by atoms with E-state index in [1.807, 2.05) is 98.0 Å². The Hall–Kier alpha value is -8.48. The Bertz CT molecular complexity index is 3730. The van der Waals surface area contributed by atoms with E-state index in [4.69, 9.17) is 29.9 Å². The average Bonchev–Trinajstić information content (AvgIpc) is 3.76. The van der Waals surface area contributed by atoms with Crippen molar-refractivity contribution in [2.24, 2.45) is 0 Å². The summed E-state index contributed by atoms with van der Waals surface area (Å²) in [7, 11) is 0. The van der Waals surface area contributed by atoms with Crippen molar-refractivity contribution in [3.63, 3.8) is 0 Å². The number of aromatic nitrogens is 6. The fourth-order valence-corrected chi connectivity index (χ4v) is 10.7. The van der Waals surface area contributed by atoms with Gasteiger partial charge < -0.3 is 0 Å². The smallest absolute Gasteiger partial charge is 0.164 e. The van der Waals surface area contributed by atoms with Gasteiger partial charge in [-0.05, 0) is 97.2 Å². The van der Waals surface area contributed by atoms with Crippen molar-refractivity contribution < 1.29 is 0 Å². The van der Waals surface area contributed by atoms with Crippen LogP contribution in [0.15, 0.2) is 195 Å². The topological polar surface area (TPSA) is 77.3 Å². The number of nitrogens with zero attached hydrogens (tertiary/aromatic N) is 6. The highest BCUT2D eigenvalue weighted by molar-refractivity contribution is 6.12. The molecule has 0 aliphatic heterocycles. The summed E-state index contributed by atoms with van der Waals surface area (Å²) in [6, 6.07) is 57.7. The molecule has 2 aromatic heterocycles. The molecule has 0 fully saturated rings. The molecule has 10 aromatic rings. The minimum absolute atomic E-state index is 0.350. The lowest BCUT2D eigenvalue weighted by Gasteiger charge is -2.24. The molecule has 0 atom stereocenters. The van der Waals surface area contributed by atoms with Gasteiger partial charge in [-0.2, -0.15) is 0 Å². The maximum absolute atomic E-state index is 5.23. The van der Waals surface area contributed by atoms with Gasteiger partial charge in [-0.1, -0.05) is 198 Å². The summed E-state index contributed by atoms with van der Waals surface area (Å²) in [5, 5.41) is 4.56. The first-order valence-corrected chi connectivity index (χ1v) is 23.6. The molecule has 6 heteroatoms. The monoisotopic (exact) mass is 888 g/mol. The van der Waals surface area contributed by atoms with E-state index in [9.17, 15) is 0 Å². The first kappa shape index (κ1) is 41.9. The fraction of sp³-hybridized carbons (Fsp3) is 0.111. The van der Waals surface area contributed by atoms with Gasteiger partial charge in [-0.15, -0.1) is 0 Å². The molecule has 8 aromatic carbocycles. The van der Waals surface area contributed by atoms with Crippen molar-refractivity contribution in [3.8, 4) is 79.2 Å².